The van der Waals surface area contributed by atoms with E-state index in [9.17, 15) is 0 Å². The molecule has 0 radical (unpaired) electrons. The summed E-state index contributed by atoms with van der Waals surface area (Å²) in [5.41, 5.74) is 5.76. The van der Waals surface area contributed by atoms with Gasteiger partial charge in [-0.2, -0.15) is 0 Å². The molecule has 0 aromatic heterocycles. The second kappa shape index (κ2) is 9.41. The summed E-state index contributed by atoms with van der Waals surface area (Å²) in [4.78, 5) is 4.95. The van der Waals surface area contributed by atoms with Gasteiger partial charge in [-0.15, -0.1) is 6.58 Å². The Morgan fingerprint density at radius 2 is 1.85 bits per heavy atom. The summed E-state index contributed by atoms with van der Waals surface area (Å²) in [6.07, 6.45) is 1.77. The van der Waals surface area contributed by atoms with Crippen LogP contribution in [0.1, 0.15) is 18.1 Å². The Hall–Kier alpha value is -1.81. The molecule has 1 fully saturated rings. The number of hydrogen-bond donors (Lipinski definition) is 0. The lowest BCUT2D eigenvalue weighted by atomic mass is 9.97. The molecule has 4 heteroatoms. The summed E-state index contributed by atoms with van der Waals surface area (Å²) in [5, 5.41) is 0.782. The van der Waals surface area contributed by atoms with E-state index in [1.807, 2.05) is 0 Å². The molecule has 0 bridgehead atoms. The molecule has 1 aliphatic heterocycles. The smallest absolute Gasteiger partial charge is 0.0736 e. The fourth-order valence-electron chi connectivity index (χ4n) is 3.60. The van der Waals surface area contributed by atoms with Crippen molar-refractivity contribution in [2.75, 3.05) is 44.2 Å². The summed E-state index contributed by atoms with van der Waals surface area (Å²) in [6, 6.07) is 12.8. The maximum Gasteiger partial charge on any atom is 0.0736 e. The number of benzene rings is 2. The van der Waals surface area contributed by atoms with Crippen molar-refractivity contribution in [3.63, 3.8) is 0 Å². The molecule has 0 spiro atoms. The van der Waals surface area contributed by atoms with Crippen LogP contribution in [0.15, 0.2) is 49.1 Å². The van der Waals surface area contributed by atoms with E-state index in [1.54, 1.807) is 6.08 Å². The van der Waals surface area contributed by atoms with E-state index in [-0.39, 0.29) is 0 Å². The second-order valence-electron chi connectivity index (χ2n) is 7.01. The van der Waals surface area contributed by atoms with E-state index in [4.69, 9.17) is 16.3 Å². The van der Waals surface area contributed by atoms with Gasteiger partial charge in [0.1, 0.15) is 0 Å². The van der Waals surface area contributed by atoms with E-state index in [0.29, 0.717) is 13.2 Å². The summed E-state index contributed by atoms with van der Waals surface area (Å²) in [6.45, 7) is 14.5. The van der Waals surface area contributed by atoms with Gasteiger partial charge >= 0.3 is 0 Å². The molecule has 0 saturated carbocycles. The molecule has 0 amide bonds. The highest BCUT2D eigenvalue weighted by Crippen LogP contribution is 2.37. The molecule has 27 heavy (non-hydrogen) atoms. The fourth-order valence-corrected chi connectivity index (χ4v) is 3.87. The highest BCUT2D eigenvalue weighted by atomic mass is 35.5. The minimum Gasteiger partial charge on any atom is -0.373 e. The standard InChI is InChI=1S/C23H29ClN2O/c1-4-14-27-17-19-15-20(26-12-10-25(5-2)11-13-26)16-22(23(19)24)21-9-7-6-8-18(21)3/h4,6-9,15-16H,1,5,10-14,17H2,2-3H3. The van der Waals surface area contributed by atoms with Crippen LogP contribution in [0.3, 0.4) is 0 Å². The molecule has 144 valence electrons. The quantitative estimate of drug-likeness (QED) is 0.484. The minimum atomic E-state index is 0.493. The SMILES string of the molecule is C=CCOCc1cc(N2CCN(CC)CC2)cc(-c2ccccc2C)c1Cl. The van der Waals surface area contributed by atoms with Crippen molar-refractivity contribution < 1.29 is 4.74 Å². The van der Waals surface area contributed by atoms with E-state index >= 15 is 0 Å². The first kappa shape index (κ1) is 19.9. The molecule has 3 nitrogen and oxygen atoms in total. The topological polar surface area (TPSA) is 15.7 Å². The van der Waals surface area contributed by atoms with Gasteiger partial charge in [-0.3, -0.25) is 0 Å². The van der Waals surface area contributed by atoms with Crippen LogP contribution in [0.5, 0.6) is 0 Å². The van der Waals surface area contributed by atoms with Crippen LogP contribution in [0.4, 0.5) is 5.69 Å². The molecule has 0 atom stereocenters. The van der Waals surface area contributed by atoms with Crippen LogP contribution in [-0.2, 0) is 11.3 Å². The van der Waals surface area contributed by atoms with Gasteiger partial charge in [0.25, 0.3) is 0 Å². The van der Waals surface area contributed by atoms with Gasteiger partial charge in [-0.05, 0) is 42.3 Å². The largest absolute Gasteiger partial charge is 0.373 e. The van der Waals surface area contributed by atoms with E-state index in [1.165, 1.54) is 16.8 Å². The zero-order valence-corrected chi connectivity index (χ0v) is 17.1. The highest BCUT2D eigenvalue weighted by molar-refractivity contribution is 6.34. The lowest BCUT2D eigenvalue weighted by molar-refractivity contribution is 0.149. The number of halogens is 1. The normalized spacial score (nSPS) is 15.1. The zero-order valence-electron chi connectivity index (χ0n) is 16.4. The number of piperazine rings is 1. The first-order valence-electron chi connectivity index (χ1n) is 9.68. The number of hydrogen-bond acceptors (Lipinski definition) is 3. The van der Waals surface area contributed by atoms with Crippen LogP contribution < -0.4 is 4.90 Å². The Morgan fingerprint density at radius 3 is 2.52 bits per heavy atom. The summed E-state index contributed by atoms with van der Waals surface area (Å²) < 4.78 is 5.72. The van der Waals surface area contributed by atoms with Crippen LogP contribution in [0, 0.1) is 6.92 Å². The van der Waals surface area contributed by atoms with Crippen molar-refractivity contribution in [1.82, 2.24) is 4.90 Å². The molecule has 1 aliphatic rings. The predicted molar refractivity (Wildman–Crippen MR) is 116 cm³/mol. The average Bonchev–Trinajstić information content (AvgIpc) is 2.70. The number of rotatable bonds is 7. The Labute approximate surface area is 168 Å². The third-order valence-corrected chi connectivity index (χ3v) is 5.69. The number of nitrogens with zero attached hydrogens (tertiary/aromatic N) is 2. The molecule has 2 aromatic rings. The summed E-state index contributed by atoms with van der Waals surface area (Å²) in [7, 11) is 0. The van der Waals surface area contributed by atoms with Gasteiger partial charge < -0.3 is 14.5 Å². The maximum atomic E-state index is 6.82. The van der Waals surface area contributed by atoms with Crippen molar-refractivity contribution in [2.24, 2.45) is 0 Å². The van der Waals surface area contributed by atoms with Gasteiger partial charge in [0, 0.05) is 37.4 Å². The molecule has 0 N–H and O–H groups in total. The van der Waals surface area contributed by atoms with Crippen molar-refractivity contribution in [3.8, 4) is 11.1 Å². The minimum absolute atomic E-state index is 0.493. The Balaban J connectivity index is 1.98. The van der Waals surface area contributed by atoms with Crippen LogP contribution in [-0.4, -0.2) is 44.2 Å². The average molecular weight is 385 g/mol. The molecule has 0 aliphatic carbocycles. The van der Waals surface area contributed by atoms with Crippen LogP contribution >= 0.6 is 11.6 Å². The van der Waals surface area contributed by atoms with Crippen molar-refractivity contribution in [3.05, 3.63) is 65.2 Å². The molecular weight excluding hydrogens is 356 g/mol. The number of likely N-dealkylation sites (N-methyl/N-ethyl adjacent to an activating group) is 1. The monoisotopic (exact) mass is 384 g/mol. The van der Waals surface area contributed by atoms with Crippen LogP contribution in [0.2, 0.25) is 5.02 Å². The number of aryl methyl sites for hydroxylation is 1. The van der Waals surface area contributed by atoms with Crippen molar-refractivity contribution in [2.45, 2.75) is 20.5 Å². The Bertz CT molecular complexity index is 782. The maximum absolute atomic E-state index is 6.82. The molecule has 0 unspecified atom stereocenters. The second-order valence-corrected chi connectivity index (χ2v) is 7.38. The first-order chi connectivity index (χ1) is 13.1. The fraction of sp³-hybridized carbons (Fsp3) is 0.391. The van der Waals surface area contributed by atoms with Crippen LogP contribution in [0.25, 0.3) is 11.1 Å². The van der Waals surface area contributed by atoms with Gasteiger partial charge in [0.15, 0.2) is 0 Å². The summed E-state index contributed by atoms with van der Waals surface area (Å²) in [5.74, 6) is 0. The third-order valence-electron chi connectivity index (χ3n) is 5.25. The lowest BCUT2D eigenvalue weighted by Gasteiger charge is -2.36. The molecule has 3 rings (SSSR count). The summed E-state index contributed by atoms with van der Waals surface area (Å²) >= 11 is 6.82. The van der Waals surface area contributed by atoms with Gasteiger partial charge in [-0.25, -0.2) is 0 Å². The molecular formula is C23H29ClN2O. The predicted octanol–water partition coefficient (Wildman–Crippen LogP) is 5.16. The van der Waals surface area contributed by atoms with E-state index in [0.717, 1.165) is 48.9 Å². The van der Waals surface area contributed by atoms with E-state index in [2.05, 4.69) is 66.6 Å². The van der Waals surface area contributed by atoms with Gasteiger partial charge in [0.05, 0.1) is 18.2 Å². The third kappa shape index (κ3) is 4.73. The zero-order chi connectivity index (χ0) is 19.2. The molecule has 1 saturated heterocycles. The van der Waals surface area contributed by atoms with Gasteiger partial charge in [-0.1, -0.05) is 48.9 Å². The van der Waals surface area contributed by atoms with E-state index < -0.39 is 0 Å². The highest BCUT2D eigenvalue weighted by Gasteiger charge is 2.19. The van der Waals surface area contributed by atoms with Gasteiger partial charge in [0.2, 0.25) is 0 Å². The van der Waals surface area contributed by atoms with Crippen molar-refractivity contribution >= 4 is 17.3 Å². The number of ether oxygens (including phenoxy) is 1. The molecule has 2 aromatic carbocycles. The number of anilines is 1. The Morgan fingerprint density at radius 1 is 1.11 bits per heavy atom. The first-order valence-corrected chi connectivity index (χ1v) is 10.1. The Kier molecular flexibility index (Phi) is 6.95. The lowest BCUT2D eigenvalue weighted by Crippen LogP contribution is -2.46. The molecule has 1 heterocycles. The van der Waals surface area contributed by atoms with Crippen molar-refractivity contribution in [1.29, 1.82) is 0 Å².